The summed E-state index contributed by atoms with van der Waals surface area (Å²) in [6.45, 7) is 5.67. The summed E-state index contributed by atoms with van der Waals surface area (Å²) in [5, 5.41) is 0. The minimum absolute atomic E-state index is 1.11. The number of nitrogens with zero attached hydrogens (tertiary/aromatic N) is 1. The van der Waals surface area contributed by atoms with Gasteiger partial charge in [0.25, 0.3) is 0 Å². The Labute approximate surface area is 161 Å². The summed E-state index contributed by atoms with van der Waals surface area (Å²) < 4.78 is 0. The largest absolute Gasteiger partial charge is 0.341 e. The van der Waals surface area contributed by atoms with Gasteiger partial charge in [-0.25, -0.2) is 0 Å². The Morgan fingerprint density at radius 2 is 1.23 bits per heavy atom. The van der Waals surface area contributed by atoms with E-state index in [1.165, 1.54) is 81.1 Å². The lowest BCUT2D eigenvalue weighted by molar-refractivity contribution is 0.591. The fourth-order valence-electron chi connectivity index (χ4n) is 3.58. The van der Waals surface area contributed by atoms with Crippen molar-refractivity contribution in [1.82, 2.24) is 0 Å². The lowest BCUT2D eigenvalue weighted by Gasteiger charge is -2.27. The first kappa shape index (κ1) is 20.6. The molecule has 2 rings (SSSR count). The topological polar surface area (TPSA) is 3.24 Å². The molecule has 1 nitrogen and oxygen atoms in total. The second-order valence-electron chi connectivity index (χ2n) is 7.34. The van der Waals surface area contributed by atoms with E-state index in [0.717, 1.165) is 6.54 Å². The predicted molar refractivity (Wildman–Crippen MR) is 116 cm³/mol. The molecule has 0 aliphatic heterocycles. The van der Waals surface area contributed by atoms with Gasteiger partial charge in [-0.3, -0.25) is 0 Å². The minimum Gasteiger partial charge on any atom is -0.341 e. The van der Waals surface area contributed by atoms with Crippen LogP contribution in [0.15, 0.2) is 54.6 Å². The SMILES string of the molecule is CCCCCCCCCN(c1ccccc1)c1ccccc1CCCC. The molecule has 0 bridgehead atoms. The van der Waals surface area contributed by atoms with Crippen molar-refractivity contribution in [1.29, 1.82) is 0 Å². The van der Waals surface area contributed by atoms with E-state index < -0.39 is 0 Å². The monoisotopic (exact) mass is 351 g/mol. The molecule has 0 saturated carbocycles. The molecule has 1 heteroatoms. The summed E-state index contributed by atoms with van der Waals surface area (Å²) in [5.41, 5.74) is 4.21. The molecule has 0 aliphatic rings. The van der Waals surface area contributed by atoms with Crippen LogP contribution in [0.5, 0.6) is 0 Å². The first-order valence-corrected chi connectivity index (χ1v) is 10.8. The lowest BCUT2D eigenvalue weighted by Crippen LogP contribution is -2.20. The zero-order valence-corrected chi connectivity index (χ0v) is 16.9. The molecule has 0 fully saturated rings. The molecular formula is C25H37N. The van der Waals surface area contributed by atoms with Crippen LogP contribution in [0.25, 0.3) is 0 Å². The van der Waals surface area contributed by atoms with Crippen LogP contribution in [0.4, 0.5) is 11.4 Å². The molecule has 0 aliphatic carbocycles. The van der Waals surface area contributed by atoms with E-state index in [9.17, 15) is 0 Å². The molecule has 0 heterocycles. The third kappa shape index (κ3) is 6.86. The Morgan fingerprint density at radius 1 is 0.615 bits per heavy atom. The average molecular weight is 352 g/mol. The number of rotatable bonds is 13. The molecule has 0 aromatic heterocycles. The van der Waals surface area contributed by atoms with Crippen molar-refractivity contribution < 1.29 is 0 Å². The van der Waals surface area contributed by atoms with Gasteiger partial charge in [-0.15, -0.1) is 0 Å². The summed E-state index contributed by atoms with van der Waals surface area (Å²) in [4.78, 5) is 2.54. The summed E-state index contributed by atoms with van der Waals surface area (Å²) >= 11 is 0. The van der Waals surface area contributed by atoms with E-state index in [0.29, 0.717) is 0 Å². The maximum absolute atomic E-state index is 2.54. The Hall–Kier alpha value is -1.76. The second kappa shape index (κ2) is 12.6. The van der Waals surface area contributed by atoms with Gasteiger partial charge in [0.15, 0.2) is 0 Å². The van der Waals surface area contributed by atoms with Crippen molar-refractivity contribution in [2.24, 2.45) is 0 Å². The number of unbranched alkanes of at least 4 members (excludes halogenated alkanes) is 7. The average Bonchev–Trinajstić information content (AvgIpc) is 2.70. The molecule has 142 valence electrons. The Kier molecular flexibility index (Phi) is 9.94. The molecule has 2 aromatic rings. The molecular weight excluding hydrogens is 314 g/mol. The summed E-state index contributed by atoms with van der Waals surface area (Å²) in [5.74, 6) is 0. The van der Waals surface area contributed by atoms with Crippen molar-refractivity contribution in [3.8, 4) is 0 Å². The standard InChI is InChI=1S/C25H37N/c1-3-5-7-8-9-10-16-22-26(24-19-12-11-13-20-24)25-21-15-14-18-23(25)17-6-4-2/h11-15,18-21H,3-10,16-17,22H2,1-2H3. The number of para-hydroxylation sites is 2. The smallest absolute Gasteiger partial charge is 0.0443 e. The van der Waals surface area contributed by atoms with Crippen LogP contribution in [0, 0.1) is 0 Å². The number of hydrogen-bond donors (Lipinski definition) is 0. The van der Waals surface area contributed by atoms with E-state index in [2.05, 4.69) is 73.3 Å². The molecule has 0 atom stereocenters. The molecule has 0 radical (unpaired) electrons. The molecule has 26 heavy (non-hydrogen) atoms. The van der Waals surface area contributed by atoms with E-state index in [1.54, 1.807) is 0 Å². The fourth-order valence-corrected chi connectivity index (χ4v) is 3.58. The first-order chi connectivity index (χ1) is 12.9. The Balaban J connectivity index is 2.03. The van der Waals surface area contributed by atoms with Crippen LogP contribution in [0.1, 0.15) is 77.2 Å². The van der Waals surface area contributed by atoms with Gasteiger partial charge in [-0.2, -0.15) is 0 Å². The second-order valence-corrected chi connectivity index (χ2v) is 7.34. The number of hydrogen-bond acceptors (Lipinski definition) is 1. The molecule has 2 aromatic carbocycles. The van der Waals surface area contributed by atoms with Gasteiger partial charge in [-0.05, 0) is 43.0 Å². The summed E-state index contributed by atoms with van der Waals surface area (Å²) in [7, 11) is 0. The van der Waals surface area contributed by atoms with Crippen LogP contribution in [0.2, 0.25) is 0 Å². The van der Waals surface area contributed by atoms with Crippen LogP contribution in [-0.2, 0) is 6.42 Å². The van der Waals surface area contributed by atoms with Crippen LogP contribution in [0.3, 0.4) is 0 Å². The van der Waals surface area contributed by atoms with E-state index in [-0.39, 0.29) is 0 Å². The van der Waals surface area contributed by atoms with Crippen molar-refractivity contribution in [3.63, 3.8) is 0 Å². The van der Waals surface area contributed by atoms with Crippen molar-refractivity contribution in [2.75, 3.05) is 11.4 Å². The highest BCUT2D eigenvalue weighted by molar-refractivity contribution is 5.66. The van der Waals surface area contributed by atoms with Crippen LogP contribution in [-0.4, -0.2) is 6.54 Å². The van der Waals surface area contributed by atoms with Gasteiger partial charge in [0, 0.05) is 17.9 Å². The predicted octanol–water partition coefficient (Wildman–Crippen LogP) is 7.92. The van der Waals surface area contributed by atoms with Gasteiger partial charge in [-0.1, -0.05) is 95.2 Å². The fraction of sp³-hybridized carbons (Fsp3) is 0.520. The summed E-state index contributed by atoms with van der Waals surface area (Å²) in [6, 6.07) is 19.9. The third-order valence-corrected chi connectivity index (χ3v) is 5.14. The number of aryl methyl sites for hydroxylation is 1. The number of anilines is 2. The van der Waals surface area contributed by atoms with Gasteiger partial charge in [0.2, 0.25) is 0 Å². The molecule has 0 spiro atoms. The molecule has 0 saturated heterocycles. The lowest BCUT2D eigenvalue weighted by atomic mass is 10.0. The maximum atomic E-state index is 2.54. The Morgan fingerprint density at radius 3 is 1.96 bits per heavy atom. The summed E-state index contributed by atoms with van der Waals surface area (Å²) in [6.07, 6.45) is 13.2. The highest BCUT2D eigenvalue weighted by atomic mass is 15.1. The van der Waals surface area contributed by atoms with Crippen molar-refractivity contribution in [3.05, 3.63) is 60.2 Å². The number of benzene rings is 2. The van der Waals surface area contributed by atoms with Crippen molar-refractivity contribution in [2.45, 2.75) is 78.1 Å². The normalized spacial score (nSPS) is 10.8. The van der Waals surface area contributed by atoms with Gasteiger partial charge in [0.1, 0.15) is 0 Å². The van der Waals surface area contributed by atoms with Gasteiger partial charge < -0.3 is 4.90 Å². The van der Waals surface area contributed by atoms with Crippen LogP contribution >= 0.6 is 0 Å². The zero-order chi connectivity index (χ0) is 18.5. The minimum atomic E-state index is 1.11. The molecule has 0 amide bonds. The molecule has 0 unspecified atom stereocenters. The van der Waals surface area contributed by atoms with E-state index in [1.807, 2.05) is 0 Å². The first-order valence-electron chi connectivity index (χ1n) is 10.8. The zero-order valence-electron chi connectivity index (χ0n) is 16.9. The highest BCUT2D eigenvalue weighted by Crippen LogP contribution is 2.30. The highest BCUT2D eigenvalue weighted by Gasteiger charge is 2.12. The van der Waals surface area contributed by atoms with E-state index in [4.69, 9.17) is 0 Å². The van der Waals surface area contributed by atoms with Gasteiger partial charge >= 0.3 is 0 Å². The van der Waals surface area contributed by atoms with Crippen molar-refractivity contribution >= 4 is 11.4 Å². The van der Waals surface area contributed by atoms with Gasteiger partial charge in [0.05, 0.1) is 0 Å². The Bertz CT molecular complexity index is 590. The molecule has 0 N–H and O–H groups in total. The van der Waals surface area contributed by atoms with Crippen LogP contribution < -0.4 is 4.90 Å². The maximum Gasteiger partial charge on any atom is 0.0443 e. The quantitative estimate of drug-likeness (QED) is 0.331. The van der Waals surface area contributed by atoms with E-state index >= 15 is 0 Å². The third-order valence-electron chi connectivity index (χ3n) is 5.14.